The van der Waals surface area contributed by atoms with Gasteiger partial charge in [-0.3, -0.25) is 4.79 Å². The van der Waals surface area contributed by atoms with Crippen molar-refractivity contribution in [2.45, 2.75) is 30.6 Å². The highest BCUT2D eigenvalue weighted by Gasteiger charge is 2.31. The number of anilines is 3. The van der Waals surface area contributed by atoms with Crippen molar-refractivity contribution in [3.63, 3.8) is 0 Å². The van der Waals surface area contributed by atoms with E-state index in [0.717, 1.165) is 33.7 Å². The molecule has 33 heavy (non-hydrogen) atoms. The van der Waals surface area contributed by atoms with Crippen LogP contribution in [0.4, 0.5) is 16.4 Å². The molecule has 0 aliphatic carbocycles. The van der Waals surface area contributed by atoms with Crippen molar-refractivity contribution in [2.75, 3.05) is 11.1 Å². The van der Waals surface area contributed by atoms with E-state index in [2.05, 4.69) is 5.32 Å². The fourth-order valence-electron chi connectivity index (χ4n) is 3.50. The van der Waals surface area contributed by atoms with Gasteiger partial charge in [-0.05, 0) is 50.1 Å². The first-order valence-electron chi connectivity index (χ1n) is 10.4. The molecule has 3 aromatic carbocycles. The fourth-order valence-corrected chi connectivity index (χ4v) is 6.42. The molecule has 1 heterocycles. The number of hydrogen-bond donors (Lipinski definition) is 2. The van der Waals surface area contributed by atoms with E-state index < -0.39 is 9.84 Å². The van der Waals surface area contributed by atoms with E-state index >= 15 is 0 Å². The van der Waals surface area contributed by atoms with Crippen molar-refractivity contribution >= 4 is 43.3 Å². The Morgan fingerprint density at radius 1 is 0.879 bits per heavy atom. The topological polar surface area (TPSA) is 89.3 Å². The lowest BCUT2D eigenvalue weighted by Gasteiger charge is -2.12. The maximum atomic E-state index is 13.7. The predicted octanol–water partition coefficient (Wildman–Crippen LogP) is 6.06. The lowest BCUT2D eigenvalue weighted by molar-refractivity contribution is 0.104. The number of hydrogen-bond acceptors (Lipinski definition) is 6. The van der Waals surface area contributed by atoms with E-state index in [4.69, 9.17) is 5.73 Å². The first kappa shape index (κ1) is 22.8. The zero-order valence-corrected chi connectivity index (χ0v) is 20.2. The molecule has 4 aromatic rings. The Labute approximate surface area is 197 Å². The molecule has 0 saturated heterocycles. The molecule has 0 saturated carbocycles. The summed E-state index contributed by atoms with van der Waals surface area (Å²) in [5.74, 6) is -0.313. The van der Waals surface area contributed by atoms with Crippen LogP contribution < -0.4 is 11.1 Å². The number of aryl methyl sites for hydroxylation is 3. The highest BCUT2D eigenvalue weighted by molar-refractivity contribution is 7.92. The predicted molar refractivity (Wildman–Crippen MR) is 134 cm³/mol. The van der Waals surface area contributed by atoms with Gasteiger partial charge in [-0.15, -0.1) is 11.3 Å². The van der Waals surface area contributed by atoms with Crippen LogP contribution in [0, 0.1) is 20.8 Å². The van der Waals surface area contributed by atoms with E-state index in [1.165, 1.54) is 0 Å². The Bertz CT molecular complexity index is 1440. The first-order chi connectivity index (χ1) is 15.7. The molecule has 0 amide bonds. The summed E-state index contributed by atoms with van der Waals surface area (Å²) in [5.41, 5.74) is 10.5. The highest BCUT2D eigenvalue weighted by Crippen LogP contribution is 2.44. The second-order valence-electron chi connectivity index (χ2n) is 7.96. The number of nitrogens with one attached hydrogen (secondary N) is 1. The van der Waals surface area contributed by atoms with Crippen LogP contribution in [-0.2, 0) is 9.84 Å². The number of rotatable bonds is 6. The van der Waals surface area contributed by atoms with E-state index in [-0.39, 0.29) is 26.1 Å². The van der Waals surface area contributed by atoms with Gasteiger partial charge in [-0.1, -0.05) is 60.2 Å². The van der Waals surface area contributed by atoms with E-state index in [0.29, 0.717) is 10.6 Å². The second kappa shape index (κ2) is 8.84. The first-order valence-corrected chi connectivity index (χ1v) is 12.7. The molecular weight excluding hydrogens is 452 g/mol. The van der Waals surface area contributed by atoms with E-state index in [1.807, 2.05) is 45.0 Å². The van der Waals surface area contributed by atoms with Crippen LogP contribution in [0.3, 0.4) is 0 Å². The van der Waals surface area contributed by atoms with Crippen LogP contribution in [0.2, 0.25) is 0 Å². The number of thiophene rings is 1. The number of nitrogens with two attached hydrogens (primary N) is 1. The minimum Gasteiger partial charge on any atom is -0.396 e. The molecule has 7 heteroatoms. The number of carbonyl (C=O) groups is 1. The summed E-state index contributed by atoms with van der Waals surface area (Å²) in [6, 6.07) is 21.2. The minimum absolute atomic E-state index is 0.0396. The van der Waals surface area contributed by atoms with Gasteiger partial charge >= 0.3 is 0 Å². The standard InChI is InChI=1S/C26H24N2O3S2/c1-16-10-13-20(14-11-16)33(30,31)25-22(27)24(23(29)19-7-5-4-6-8-19)32-26(25)28-21-15-17(2)9-12-18(21)3/h4-15,28H,27H2,1-3H3. The smallest absolute Gasteiger partial charge is 0.211 e. The Hall–Kier alpha value is -3.42. The summed E-state index contributed by atoms with van der Waals surface area (Å²) in [5, 5.41) is 3.56. The number of carbonyl (C=O) groups excluding carboxylic acids is 1. The molecule has 168 valence electrons. The highest BCUT2D eigenvalue weighted by atomic mass is 32.2. The summed E-state index contributed by atoms with van der Waals surface area (Å²) in [6.45, 7) is 5.78. The molecule has 0 aliphatic heterocycles. The van der Waals surface area contributed by atoms with Crippen molar-refractivity contribution in [1.29, 1.82) is 0 Å². The lowest BCUT2D eigenvalue weighted by atomic mass is 10.1. The quantitative estimate of drug-likeness (QED) is 0.330. The van der Waals surface area contributed by atoms with E-state index in [1.54, 1.807) is 48.5 Å². The summed E-state index contributed by atoms with van der Waals surface area (Å²) >= 11 is 1.06. The van der Waals surface area contributed by atoms with Gasteiger partial charge in [0.2, 0.25) is 15.6 Å². The molecule has 0 spiro atoms. The third-order valence-electron chi connectivity index (χ3n) is 5.38. The van der Waals surface area contributed by atoms with Crippen LogP contribution in [0.1, 0.15) is 31.9 Å². The number of benzene rings is 3. The maximum absolute atomic E-state index is 13.7. The molecule has 5 nitrogen and oxygen atoms in total. The summed E-state index contributed by atoms with van der Waals surface area (Å²) < 4.78 is 27.4. The van der Waals surface area contributed by atoms with Crippen molar-refractivity contribution < 1.29 is 13.2 Å². The summed E-state index contributed by atoms with van der Waals surface area (Å²) in [6.07, 6.45) is 0. The number of ketones is 1. The van der Waals surface area contributed by atoms with Crippen molar-refractivity contribution in [1.82, 2.24) is 0 Å². The van der Waals surface area contributed by atoms with Crippen molar-refractivity contribution in [3.8, 4) is 0 Å². The Balaban J connectivity index is 1.91. The average molecular weight is 477 g/mol. The summed E-state index contributed by atoms with van der Waals surface area (Å²) in [7, 11) is -3.98. The third kappa shape index (κ3) is 4.42. The minimum atomic E-state index is -3.98. The van der Waals surface area contributed by atoms with Crippen LogP contribution in [0.15, 0.2) is 82.6 Å². The molecule has 3 N–H and O–H groups in total. The van der Waals surface area contributed by atoms with Gasteiger partial charge in [0, 0.05) is 11.3 Å². The van der Waals surface area contributed by atoms with Crippen molar-refractivity contribution in [2.24, 2.45) is 0 Å². The molecule has 4 rings (SSSR count). The van der Waals surface area contributed by atoms with Crippen LogP contribution in [0.5, 0.6) is 0 Å². The van der Waals surface area contributed by atoms with Crippen LogP contribution >= 0.6 is 11.3 Å². The second-order valence-corrected chi connectivity index (χ2v) is 10.9. The Morgan fingerprint density at radius 2 is 1.52 bits per heavy atom. The molecule has 0 radical (unpaired) electrons. The Kier molecular flexibility index (Phi) is 6.10. The fraction of sp³-hybridized carbons (Fsp3) is 0.115. The van der Waals surface area contributed by atoms with Crippen LogP contribution in [-0.4, -0.2) is 14.2 Å². The monoisotopic (exact) mass is 476 g/mol. The average Bonchev–Trinajstić information content (AvgIpc) is 3.13. The summed E-state index contributed by atoms with van der Waals surface area (Å²) in [4.78, 5) is 13.5. The van der Waals surface area contributed by atoms with Gasteiger partial charge in [0.05, 0.1) is 10.6 Å². The van der Waals surface area contributed by atoms with Crippen LogP contribution in [0.25, 0.3) is 0 Å². The zero-order chi connectivity index (χ0) is 23.8. The van der Waals surface area contributed by atoms with Gasteiger partial charge < -0.3 is 11.1 Å². The van der Waals surface area contributed by atoms with Crippen molar-refractivity contribution in [3.05, 3.63) is 99.9 Å². The molecule has 0 aliphatic rings. The molecule has 0 fully saturated rings. The maximum Gasteiger partial charge on any atom is 0.211 e. The lowest BCUT2D eigenvalue weighted by Crippen LogP contribution is -2.08. The third-order valence-corrected chi connectivity index (χ3v) is 8.49. The molecular formula is C26H24N2O3S2. The van der Waals surface area contributed by atoms with Gasteiger partial charge in [0.1, 0.15) is 14.8 Å². The van der Waals surface area contributed by atoms with Gasteiger partial charge in [-0.2, -0.15) is 0 Å². The van der Waals surface area contributed by atoms with Gasteiger partial charge in [0.15, 0.2) is 0 Å². The zero-order valence-electron chi connectivity index (χ0n) is 18.5. The SMILES string of the molecule is Cc1ccc(S(=O)(=O)c2c(Nc3cc(C)ccc3C)sc(C(=O)c3ccccc3)c2N)cc1. The van der Waals surface area contributed by atoms with Gasteiger partial charge in [0.25, 0.3) is 0 Å². The number of sulfone groups is 1. The number of nitrogen functional groups attached to an aromatic ring is 1. The molecule has 1 aromatic heterocycles. The normalized spacial score (nSPS) is 11.4. The van der Waals surface area contributed by atoms with Gasteiger partial charge in [-0.25, -0.2) is 8.42 Å². The Morgan fingerprint density at radius 3 is 2.18 bits per heavy atom. The van der Waals surface area contributed by atoms with E-state index in [9.17, 15) is 13.2 Å². The molecule has 0 unspecified atom stereocenters. The molecule has 0 atom stereocenters. The largest absolute Gasteiger partial charge is 0.396 e. The molecule has 0 bridgehead atoms.